The van der Waals surface area contributed by atoms with Crippen molar-refractivity contribution in [1.29, 1.82) is 0 Å². The zero-order chi connectivity index (χ0) is 15.9. The molecule has 1 aromatic rings. The van der Waals surface area contributed by atoms with Crippen molar-refractivity contribution in [1.82, 2.24) is 15.0 Å². The summed E-state index contributed by atoms with van der Waals surface area (Å²) in [5.74, 6) is 0.976. The van der Waals surface area contributed by atoms with E-state index in [9.17, 15) is 0 Å². The Labute approximate surface area is 126 Å². The number of nitrogens with zero attached hydrogens (tertiary/aromatic N) is 3. The molecule has 0 saturated carbocycles. The van der Waals surface area contributed by atoms with Crippen molar-refractivity contribution in [2.75, 3.05) is 30.3 Å². The van der Waals surface area contributed by atoms with Crippen LogP contribution < -0.4 is 15.4 Å². The summed E-state index contributed by atoms with van der Waals surface area (Å²) in [4.78, 5) is 12.8. The zero-order valence-electron chi connectivity index (χ0n) is 13.9. The van der Waals surface area contributed by atoms with Gasteiger partial charge in [0.15, 0.2) is 0 Å². The van der Waals surface area contributed by atoms with E-state index in [4.69, 9.17) is 9.47 Å². The fourth-order valence-corrected chi connectivity index (χ4v) is 1.67. The van der Waals surface area contributed by atoms with Gasteiger partial charge in [-0.15, -0.1) is 0 Å². The molecule has 0 saturated heterocycles. The van der Waals surface area contributed by atoms with Gasteiger partial charge in [-0.2, -0.15) is 15.0 Å². The fraction of sp³-hybridized carbons (Fsp3) is 0.786. The summed E-state index contributed by atoms with van der Waals surface area (Å²) in [5.41, 5.74) is -0.293. The van der Waals surface area contributed by atoms with Gasteiger partial charge in [-0.3, -0.25) is 0 Å². The van der Waals surface area contributed by atoms with E-state index < -0.39 is 0 Å². The van der Waals surface area contributed by atoms with Crippen LogP contribution in [-0.4, -0.2) is 46.4 Å². The van der Waals surface area contributed by atoms with E-state index in [0.29, 0.717) is 31.1 Å². The van der Waals surface area contributed by atoms with Gasteiger partial charge in [-0.25, -0.2) is 0 Å². The highest BCUT2D eigenvalue weighted by molar-refractivity contribution is 5.36. The first-order valence-corrected chi connectivity index (χ1v) is 7.40. The van der Waals surface area contributed by atoms with E-state index in [1.54, 1.807) is 0 Å². The van der Waals surface area contributed by atoms with Gasteiger partial charge in [0.1, 0.15) is 0 Å². The van der Waals surface area contributed by atoms with Crippen molar-refractivity contribution in [2.45, 2.75) is 53.2 Å². The van der Waals surface area contributed by atoms with Crippen LogP contribution in [0.1, 0.15) is 41.5 Å². The van der Waals surface area contributed by atoms with Gasteiger partial charge < -0.3 is 20.1 Å². The minimum Gasteiger partial charge on any atom is -0.461 e. The van der Waals surface area contributed by atoms with Crippen molar-refractivity contribution in [2.24, 2.45) is 0 Å². The summed E-state index contributed by atoms with van der Waals surface area (Å²) < 4.78 is 11.2. The van der Waals surface area contributed by atoms with Crippen LogP contribution in [-0.2, 0) is 4.74 Å². The molecular formula is C14H27N5O2. The van der Waals surface area contributed by atoms with Crippen molar-refractivity contribution in [3.05, 3.63) is 0 Å². The Kier molecular flexibility index (Phi) is 6.61. The molecule has 0 aliphatic rings. The van der Waals surface area contributed by atoms with Crippen molar-refractivity contribution < 1.29 is 9.47 Å². The molecule has 0 atom stereocenters. The SMILES string of the molecule is CCNc1nc(NCC(C)(C)OCC)nc(OC(C)C)n1. The zero-order valence-corrected chi connectivity index (χ0v) is 13.9. The molecule has 1 heterocycles. The molecule has 0 unspecified atom stereocenters. The number of aromatic nitrogens is 3. The first kappa shape index (κ1) is 17.4. The number of hydrogen-bond donors (Lipinski definition) is 2. The van der Waals surface area contributed by atoms with E-state index in [-0.39, 0.29) is 11.7 Å². The largest absolute Gasteiger partial charge is 0.461 e. The molecule has 120 valence electrons. The third kappa shape index (κ3) is 6.57. The van der Waals surface area contributed by atoms with E-state index in [2.05, 4.69) is 25.6 Å². The smallest absolute Gasteiger partial charge is 0.323 e. The van der Waals surface area contributed by atoms with E-state index in [0.717, 1.165) is 6.54 Å². The lowest BCUT2D eigenvalue weighted by Gasteiger charge is -2.25. The average molecular weight is 297 g/mol. The molecule has 0 aliphatic carbocycles. The summed E-state index contributed by atoms with van der Waals surface area (Å²) in [6.45, 7) is 13.8. The van der Waals surface area contributed by atoms with E-state index >= 15 is 0 Å². The topological polar surface area (TPSA) is 81.2 Å². The lowest BCUT2D eigenvalue weighted by molar-refractivity contribution is 0.000561. The van der Waals surface area contributed by atoms with Gasteiger partial charge in [0, 0.05) is 19.7 Å². The molecule has 0 aliphatic heterocycles. The Morgan fingerprint density at radius 2 is 1.67 bits per heavy atom. The summed E-state index contributed by atoms with van der Waals surface area (Å²) in [6.07, 6.45) is 0.00888. The predicted molar refractivity (Wildman–Crippen MR) is 83.9 cm³/mol. The second kappa shape index (κ2) is 7.97. The summed E-state index contributed by atoms with van der Waals surface area (Å²) in [5, 5.41) is 6.25. The van der Waals surface area contributed by atoms with Crippen LogP contribution in [0.25, 0.3) is 0 Å². The second-order valence-electron chi connectivity index (χ2n) is 5.51. The molecule has 0 amide bonds. The number of ether oxygens (including phenoxy) is 2. The van der Waals surface area contributed by atoms with Crippen LogP contribution in [0.5, 0.6) is 6.01 Å². The van der Waals surface area contributed by atoms with Gasteiger partial charge in [-0.1, -0.05) is 0 Å². The summed E-state index contributed by atoms with van der Waals surface area (Å²) in [6, 6.07) is 0.313. The van der Waals surface area contributed by atoms with E-state index in [1.165, 1.54) is 0 Å². The minimum atomic E-state index is -0.293. The van der Waals surface area contributed by atoms with Crippen LogP contribution >= 0.6 is 0 Å². The lowest BCUT2D eigenvalue weighted by Crippen LogP contribution is -2.34. The van der Waals surface area contributed by atoms with Crippen LogP contribution in [0.2, 0.25) is 0 Å². The Hall–Kier alpha value is -1.63. The standard InChI is InChI=1S/C14H27N5O2/c1-7-15-11-17-12(16-9-14(5,6)20-8-2)19-13(18-11)21-10(3)4/h10H,7-9H2,1-6H3,(H2,15,16,17,18,19). The molecule has 0 bridgehead atoms. The molecule has 7 heteroatoms. The van der Waals surface area contributed by atoms with Crippen molar-refractivity contribution in [3.63, 3.8) is 0 Å². The van der Waals surface area contributed by atoms with Crippen LogP contribution in [0.15, 0.2) is 0 Å². The number of rotatable bonds is 9. The molecule has 1 aromatic heterocycles. The maximum absolute atomic E-state index is 5.64. The Balaban J connectivity index is 2.82. The van der Waals surface area contributed by atoms with Crippen LogP contribution in [0, 0.1) is 0 Å². The van der Waals surface area contributed by atoms with Crippen LogP contribution in [0.4, 0.5) is 11.9 Å². The van der Waals surface area contributed by atoms with Gasteiger partial charge in [-0.05, 0) is 41.5 Å². The Morgan fingerprint density at radius 3 is 2.19 bits per heavy atom. The highest BCUT2D eigenvalue weighted by atomic mass is 16.5. The maximum Gasteiger partial charge on any atom is 0.323 e. The molecule has 0 aromatic carbocycles. The monoisotopic (exact) mass is 297 g/mol. The van der Waals surface area contributed by atoms with Crippen molar-refractivity contribution in [3.8, 4) is 6.01 Å². The molecule has 0 radical (unpaired) electrons. The van der Waals surface area contributed by atoms with Gasteiger partial charge in [0.05, 0.1) is 11.7 Å². The number of nitrogens with one attached hydrogen (secondary N) is 2. The number of hydrogen-bond acceptors (Lipinski definition) is 7. The third-order valence-corrected chi connectivity index (χ3v) is 2.50. The molecule has 0 fully saturated rings. The van der Waals surface area contributed by atoms with Crippen LogP contribution in [0.3, 0.4) is 0 Å². The fourth-order valence-electron chi connectivity index (χ4n) is 1.67. The highest BCUT2D eigenvalue weighted by Crippen LogP contribution is 2.15. The first-order chi connectivity index (χ1) is 9.86. The van der Waals surface area contributed by atoms with Gasteiger partial charge >= 0.3 is 6.01 Å². The molecule has 2 N–H and O–H groups in total. The molecular weight excluding hydrogens is 270 g/mol. The quantitative estimate of drug-likeness (QED) is 0.724. The van der Waals surface area contributed by atoms with Gasteiger partial charge in [0.2, 0.25) is 11.9 Å². The minimum absolute atomic E-state index is 0.00888. The first-order valence-electron chi connectivity index (χ1n) is 7.40. The third-order valence-electron chi connectivity index (χ3n) is 2.50. The Bertz CT molecular complexity index is 437. The maximum atomic E-state index is 5.64. The molecule has 0 spiro atoms. The average Bonchev–Trinajstić information content (AvgIpc) is 2.36. The normalized spacial score (nSPS) is 11.6. The lowest BCUT2D eigenvalue weighted by atomic mass is 10.1. The number of anilines is 2. The summed E-state index contributed by atoms with van der Waals surface area (Å²) >= 11 is 0. The summed E-state index contributed by atoms with van der Waals surface area (Å²) in [7, 11) is 0. The molecule has 7 nitrogen and oxygen atoms in total. The molecule has 1 rings (SSSR count). The second-order valence-corrected chi connectivity index (χ2v) is 5.51. The molecule has 21 heavy (non-hydrogen) atoms. The Morgan fingerprint density at radius 1 is 1.05 bits per heavy atom. The van der Waals surface area contributed by atoms with E-state index in [1.807, 2.05) is 41.5 Å². The highest BCUT2D eigenvalue weighted by Gasteiger charge is 2.18. The van der Waals surface area contributed by atoms with Crippen molar-refractivity contribution >= 4 is 11.9 Å². The van der Waals surface area contributed by atoms with Gasteiger partial charge in [0.25, 0.3) is 0 Å². The predicted octanol–water partition coefficient (Wildman–Crippen LogP) is 2.32.